The van der Waals surface area contributed by atoms with Gasteiger partial charge in [0, 0.05) is 28.1 Å². The highest BCUT2D eigenvalue weighted by Gasteiger charge is 2.39. The molecule has 0 fully saturated rings. The number of para-hydroxylation sites is 2. The number of thioether (sulfide) groups is 1. The van der Waals surface area contributed by atoms with Crippen LogP contribution >= 0.6 is 11.8 Å². The molecule has 2 aliphatic rings. The van der Waals surface area contributed by atoms with Crippen molar-refractivity contribution < 1.29 is 9.59 Å². The van der Waals surface area contributed by atoms with Crippen molar-refractivity contribution in [1.29, 1.82) is 0 Å². The van der Waals surface area contributed by atoms with Gasteiger partial charge in [-0.3, -0.25) is 14.5 Å². The van der Waals surface area contributed by atoms with E-state index in [0.717, 1.165) is 40.4 Å². The molecule has 1 unspecified atom stereocenters. The zero-order chi connectivity index (χ0) is 22.1. The van der Waals surface area contributed by atoms with Crippen LogP contribution in [0.5, 0.6) is 0 Å². The minimum absolute atomic E-state index is 0.108. The van der Waals surface area contributed by atoms with Gasteiger partial charge >= 0.3 is 0 Å². The summed E-state index contributed by atoms with van der Waals surface area (Å²) >= 11 is 1.67. The largest absolute Gasteiger partial charge is 0.357 e. The fraction of sp³-hybridized carbons (Fsp3) is 0.185. The average Bonchev–Trinajstić information content (AvgIpc) is 2.99. The van der Waals surface area contributed by atoms with Crippen LogP contribution in [-0.2, 0) is 4.79 Å². The molecular weight excluding hydrogens is 416 g/mol. The second-order valence-corrected chi connectivity index (χ2v) is 8.91. The molecule has 32 heavy (non-hydrogen) atoms. The summed E-state index contributed by atoms with van der Waals surface area (Å²) in [6.45, 7) is 0. The molecule has 3 aromatic rings. The highest BCUT2D eigenvalue weighted by Crippen LogP contribution is 2.45. The standard InChI is InChI=1S/C27H24N2O2S/c1-32-20-16-14-18(15-17-20)26-25-22(11-7-13-24(25)30)28-21-10-5-6-12-23(21)29(26)27(31)19-8-3-2-4-9-19/h2-6,8-10,12,14-17,26,28H,7,11,13H2,1H3. The van der Waals surface area contributed by atoms with Gasteiger partial charge in [-0.25, -0.2) is 0 Å². The second kappa shape index (κ2) is 8.67. The Bertz CT molecular complexity index is 1200. The first-order chi connectivity index (χ1) is 15.7. The van der Waals surface area contributed by atoms with E-state index in [4.69, 9.17) is 0 Å². The van der Waals surface area contributed by atoms with E-state index in [-0.39, 0.29) is 11.7 Å². The monoisotopic (exact) mass is 440 g/mol. The number of hydrogen-bond donors (Lipinski definition) is 1. The number of ketones is 1. The van der Waals surface area contributed by atoms with Crippen molar-refractivity contribution in [3.63, 3.8) is 0 Å². The van der Waals surface area contributed by atoms with E-state index < -0.39 is 6.04 Å². The Labute approximate surface area is 192 Å². The summed E-state index contributed by atoms with van der Waals surface area (Å²) in [5.41, 5.74) is 4.79. The normalized spacial score (nSPS) is 17.8. The van der Waals surface area contributed by atoms with Crippen LogP contribution in [0, 0.1) is 0 Å². The number of carbonyl (C=O) groups excluding carboxylic acids is 2. The highest BCUT2D eigenvalue weighted by molar-refractivity contribution is 7.98. The van der Waals surface area contributed by atoms with Gasteiger partial charge in [0.25, 0.3) is 5.91 Å². The summed E-state index contributed by atoms with van der Waals surface area (Å²) in [5.74, 6) is -0.0118. The van der Waals surface area contributed by atoms with Gasteiger partial charge < -0.3 is 5.32 Å². The Morgan fingerprint density at radius 1 is 0.938 bits per heavy atom. The maximum absolute atomic E-state index is 14.0. The quantitative estimate of drug-likeness (QED) is 0.491. The molecule has 1 N–H and O–H groups in total. The summed E-state index contributed by atoms with van der Waals surface area (Å²) in [7, 11) is 0. The molecule has 4 nitrogen and oxygen atoms in total. The minimum atomic E-state index is -0.488. The number of nitrogens with zero attached hydrogens (tertiary/aromatic N) is 1. The van der Waals surface area contributed by atoms with Crippen molar-refractivity contribution in [2.45, 2.75) is 30.2 Å². The summed E-state index contributed by atoms with van der Waals surface area (Å²) in [6, 6.07) is 24.8. The average molecular weight is 441 g/mol. The third-order valence-corrected chi connectivity index (χ3v) is 6.85. The number of benzene rings is 3. The number of Topliss-reactive ketones (excluding diaryl/α,β-unsaturated/α-hetero) is 1. The topological polar surface area (TPSA) is 49.4 Å². The molecule has 0 radical (unpaired) electrons. The lowest BCUT2D eigenvalue weighted by atomic mass is 9.85. The van der Waals surface area contributed by atoms with Crippen LogP contribution < -0.4 is 10.2 Å². The van der Waals surface area contributed by atoms with E-state index in [1.165, 1.54) is 0 Å². The van der Waals surface area contributed by atoms with Crippen LogP contribution in [0.1, 0.15) is 41.2 Å². The molecule has 1 aliphatic heterocycles. The third kappa shape index (κ3) is 3.63. The summed E-state index contributed by atoms with van der Waals surface area (Å²) < 4.78 is 0. The molecule has 1 aliphatic carbocycles. The Kier molecular flexibility index (Phi) is 5.58. The van der Waals surface area contributed by atoms with E-state index >= 15 is 0 Å². The SMILES string of the molecule is CSc1ccc(C2C3=C(CCCC3=O)Nc3ccccc3N2C(=O)c2ccccc2)cc1. The lowest BCUT2D eigenvalue weighted by molar-refractivity contribution is -0.116. The van der Waals surface area contributed by atoms with Gasteiger partial charge in [-0.2, -0.15) is 0 Å². The number of hydrogen-bond acceptors (Lipinski definition) is 4. The molecule has 0 saturated carbocycles. The van der Waals surface area contributed by atoms with Crippen molar-refractivity contribution in [3.05, 3.63) is 101 Å². The van der Waals surface area contributed by atoms with Crippen LogP contribution in [0.15, 0.2) is 95.0 Å². The lowest BCUT2D eigenvalue weighted by Gasteiger charge is -2.34. The molecule has 0 saturated heterocycles. The molecule has 5 heteroatoms. The summed E-state index contributed by atoms with van der Waals surface area (Å²) in [4.78, 5) is 30.2. The summed E-state index contributed by atoms with van der Waals surface area (Å²) in [5, 5.41) is 3.51. The predicted octanol–water partition coefficient (Wildman–Crippen LogP) is 6.23. The van der Waals surface area contributed by atoms with Crippen molar-refractivity contribution in [3.8, 4) is 0 Å². The minimum Gasteiger partial charge on any atom is -0.357 e. The van der Waals surface area contributed by atoms with E-state index in [2.05, 4.69) is 17.4 Å². The number of amides is 1. The van der Waals surface area contributed by atoms with Gasteiger partial charge in [-0.15, -0.1) is 11.8 Å². The first-order valence-electron chi connectivity index (χ1n) is 10.8. The zero-order valence-corrected chi connectivity index (χ0v) is 18.7. The molecule has 0 spiro atoms. The first kappa shape index (κ1) is 20.6. The van der Waals surface area contributed by atoms with Crippen LogP contribution in [0.25, 0.3) is 0 Å². The predicted molar refractivity (Wildman–Crippen MR) is 130 cm³/mol. The van der Waals surface area contributed by atoms with Gasteiger partial charge in [-0.1, -0.05) is 42.5 Å². The highest BCUT2D eigenvalue weighted by atomic mass is 32.2. The molecular formula is C27H24N2O2S. The van der Waals surface area contributed by atoms with Crippen LogP contribution in [-0.4, -0.2) is 17.9 Å². The Hall–Kier alpha value is -3.31. The Morgan fingerprint density at radius 2 is 1.66 bits per heavy atom. The number of nitrogens with one attached hydrogen (secondary N) is 1. The van der Waals surface area contributed by atoms with Crippen molar-refractivity contribution in [2.75, 3.05) is 16.5 Å². The van der Waals surface area contributed by atoms with Gasteiger partial charge in [0.15, 0.2) is 5.78 Å². The Morgan fingerprint density at radius 3 is 2.41 bits per heavy atom. The lowest BCUT2D eigenvalue weighted by Crippen LogP contribution is -2.38. The number of anilines is 2. The Balaban J connectivity index is 1.76. The zero-order valence-electron chi connectivity index (χ0n) is 17.9. The molecule has 1 heterocycles. The number of rotatable bonds is 3. The first-order valence-corrected chi connectivity index (χ1v) is 12.0. The number of allylic oxidation sites excluding steroid dienone is 1. The van der Waals surface area contributed by atoms with Gasteiger partial charge in [0.2, 0.25) is 0 Å². The molecule has 1 amide bonds. The molecule has 3 aromatic carbocycles. The maximum Gasteiger partial charge on any atom is 0.259 e. The molecule has 5 rings (SSSR count). The second-order valence-electron chi connectivity index (χ2n) is 8.03. The molecule has 0 aromatic heterocycles. The van der Waals surface area contributed by atoms with Crippen LogP contribution in [0.2, 0.25) is 0 Å². The van der Waals surface area contributed by atoms with E-state index in [1.54, 1.807) is 16.7 Å². The fourth-order valence-corrected chi connectivity index (χ4v) is 4.99. The van der Waals surface area contributed by atoms with Crippen molar-refractivity contribution >= 4 is 34.8 Å². The van der Waals surface area contributed by atoms with E-state index in [9.17, 15) is 9.59 Å². The van der Waals surface area contributed by atoms with Crippen LogP contribution in [0.3, 0.4) is 0 Å². The van der Waals surface area contributed by atoms with Gasteiger partial charge in [0.1, 0.15) is 0 Å². The maximum atomic E-state index is 14.0. The fourth-order valence-electron chi connectivity index (χ4n) is 4.58. The van der Waals surface area contributed by atoms with Gasteiger partial charge in [0.05, 0.1) is 17.4 Å². The smallest absolute Gasteiger partial charge is 0.259 e. The molecule has 160 valence electrons. The molecule has 0 bridgehead atoms. The number of carbonyl (C=O) groups is 2. The van der Waals surface area contributed by atoms with Crippen molar-refractivity contribution in [2.24, 2.45) is 0 Å². The van der Waals surface area contributed by atoms with E-state index in [0.29, 0.717) is 17.6 Å². The van der Waals surface area contributed by atoms with E-state index in [1.807, 2.05) is 73.0 Å². The number of fused-ring (bicyclic) bond motifs is 1. The van der Waals surface area contributed by atoms with Crippen molar-refractivity contribution in [1.82, 2.24) is 0 Å². The molecule has 1 atom stereocenters. The van der Waals surface area contributed by atoms with Crippen LogP contribution in [0.4, 0.5) is 11.4 Å². The summed E-state index contributed by atoms with van der Waals surface area (Å²) in [6.07, 6.45) is 4.15. The van der Waals surface area contributed by atoms with Gasteiger partial charge in [-0.05, 0) is 61.1 Å². The third-order valence-electron chi connectivity index (χ3n) is 6.11.